The molecule has 1 heterocycles. The number of hydrogen-bond acceptors (Lipinski definition) is 3. The number of anilines is 1. The Morgan fingerprint density at radius 3 is 2.89 bits per heavy atom. The SMILES string of the molecule is COc1ccc(C(C)C)cc1NCC1CCCNC1. The number of ether oxygens (including phenoxy) is 1. The number of benzene rings is 1. The lowest BCUT2D eigenvalue weighted by atomic mass is 9.99. The number of hydrogen-bond donors (Lipinski definition) is 2. The zero-order valence-electron chi connectivity index (χ0n) is 12.3. The Kier molecular flexibility index (Phi) is 5.08. The minimum absolute atomic E-state index is 0.544. The van der Waals surface area contributed by atoms with Gasteiger partial charge >= 0.3 is 0 Å². The van der Waals surface area contributed by atoms with Gasteiger partial charge in [-0.1, -0.05) is 19.9 Å². The first kappa shape index (κ1) is 14.2. The van der Waals surface area contributed by atoms with Crippen molar-refractivity contribution in [3.05, 3.63) is 23.8 Å². The zero-order chi connectivity index (χ0) is 13.7. The Hall–Kier alpha value is -1.22. The molecular formula is C16H26N2O. The summed E-state index contributed by atoms with van der Waals surface area (Å²) < 4.78 is 5.44. The van der Waals surface area contributed by atoms with Crippen molar-refractivity contribution in [1.82, 2.24) is 5.32 Å². The van der Waals surface area contributed by atoms with Gasteiger partial charge in [-0.25, -0.2) is 0 Å². The van der Waals surface area contributed by atoms with Crippen molar-refractivity contribution in [2.75, 3.05) is 32.1 Å². The maximum Gasteiger partial charge on any atom is 0.141 e. The van der Waals surface area contributed by atoms with Crippen LogP contribution in [0.5, 0.6) is 5.75 Å². The summed E-state index contributed by atoms with van der Waals surface area (Å²) in [6.45, 7) is 7.75. The van der Waals surface area contributed by atoms with E-state index in [0.29, 0.717) is 5.92 Å². The molecule has 19 heavy (non-hydrogen) atoms. The standard InChI is InChI=1S/C16H26N2O/c1-12(2)14-6-7-16(19-3)15(9-14)18-11-13-5-4-8-17-10-13/h6-7,9,12-13,17-18H,4-5,8,10-11H2,1-3H3. The van der Waals surface area contributed by atoms with Gasteiger partial charge in [0.05, 0.1) is 12.8 Å². The van der Waals surface area contributed by atoms with E-state index in [9.17, 15) is 0 Å². The molecule has 1 unspecified atom stereocenters. The van der Waals surface area contributed by atoms with E-state index in [1.807, 2.05) is 0 Å². The molecule has 3 nitrogen and oxygen atoms in total. The fraction of sp³-hybridized carbons (Fsp3) is 0.625. The lowest BCUT2D eigenvalue weighted by Gasteiger charge is -2.24. The van der Waals surface area contributed by atoms with Crippen LogP contribution in [-0.2, 0) is 0 Å². The summed E-state index contributed by atoms with van der Waals surface area (Å²) in [4.78, 5) is 0. The molecule has 0 aliphatic carbocycles. The summed E-state index contributed by atoms with van der Waals surface area (Å²) in [6.07, 6.45) is 2.60. The zero-order valence-corrected chi connectivity index (χ0v) is 12.3. The first-order valence-corrected chi connectivity index (χ1v) is 7.33. The van der Waals surface area contributed by atoms with Crippen molar-refractivity contribution in [2.45, 2.75) is 32.6 Å². The summed E-state index contributed by atoms with van der Waals surface area (Å²) in [7, 11) is 1.73. The molecule has 1 saturated heterocycles. The van der Waals surface area contributed by atoms with Gasteiger partial charge in [0.25, 0.3) is 0 Å². The van der Waals surface area contributed by atoms with Crippen LogP contribution in [0.1, 0.15) is 38.2 Å². The first-order chi connectivity index (χ1) is 9.20. The number of piperidine rings is 1. The molecule has 1 aromatic rings. The van der Waals surface area contributed by atoms with Gasteiger partial charge < -0.3 is 15.4 Å². The van der Waals surface area contributed by atoms with Gasteiger partial charge in [0.1, 0.15) is 5.75 Å². The minimum Gasteiger partial charge on any atom is -0.495 e. The lowest BCUT2D eigenvalue weighted by molar-refractivity contribution is 0.390. The fourth-order valence-corrected chi connectivity index (χ4v) is 2.58. The second-order valence-electron chi connectivity index (χ2n) is 5.71. The van der Waals surface area contributed by atoms with Crippen LogP contribution in [0.4, 0.5) is 5.69 Å². The van der Waals surface area contributed by atoms with Crippen LogP contribution in [0, 0.1) is 5.92 Å². The molecule has 1 fully saturated rings. The molecule has 0 saturated carbocycles. The second kappa shape index (κ2) is 6.80. The van der Waals surface area contributed by atoms with E-state index in [4.69, 9.17) is 4.74 Å². The molecule has 1 atom stereocenters. The maximum absolute atomic E-state index is 5.44. The van der Waals surface area contributed by atoms with Gasteiger partial charge in [-0.2, -0.15) is 0 Å². The molecule has 0 spiro atoms. The largest absolute Gasteiger partial charge is 0.495 e. The van der Waals surface area contributed by atoms with E-state index in [1.165, 1.54) is 24.9 Å². The van der Waals surface area contributed by atoms with Gasteiger partial charge in [-0.3, -0.25) is 0 Å². The monoisotopic (exact) mass is 262 g/mol. The minimum atomic E-state index is 0.544. The van der Waals surface area contributed by atoms with Crippen molar-refractivity contribution < 1.29 is 4.74 Å². The molecule has 106 valence electrons. The van der Waals surface area contributed by atoms with Crippen molar-refractivity contribution in [3.8, 4) is 5.75 Å². The smallest absolute Gasteiger partial charge is 0.141 e. The van der Waals surface area contributed by atoms with Crippen molar-refractivity contribution in [2.24, 2.45) is 5.92 Å². The average molecular weight is 262 g/mol. The van der Waals surface area contributed by atoms with Crippen LogP contribution in [0.25, 0.3) is 0 Å². The van der Waals surface area contributed by atoms with E-state index in [0.717, 1.165) is 30.4 Å². The number of methoxy groups -OCH3 is 1. The molecule has 1 aliphatic rings. The average Bonchev–Trinajstić information content (AvgIpc) is 2.45. The third-order valence-corrected chi connectivity index (χ3v) is 3.87. The van der Waals surface area contributed by atoms with Gasteiger partial charge in [-0.05, 0) is 55.5 Å². The summed E-state index contributed by atoms with van der Waals surface area (Å²) in [6, 6.07) is 6.44. The molecule has 1 aromatic carbocycles. The normalized spacial score (nSPS) is 19.5. The second-order valence-corrected chi connectivity index (χ2v) is 5.71. The highest BCUT2D eigenvalue weighted by molar-refractivity contribution is 5.58. The molecule has 1 aliphatic heterocycles. The van der Waals surface area contributed by atoms with Crippen molar-refractivity contribution >= 4 is 5.69 Å². The Labute approximate surface area is 116 Å². The lowest BCUT2D eigenvalue weighted by Crippen LogP contribution is -2.33. The maximum atomic E-state index is 5.44. The molecule has 0 bridgehead atoms. The van der Waals surface area contributed by atoms with Crippen LogP contribution in [0.15, 0.2) is 18.2 Å². The molecule has 0 radical (unpaired) electrons. The Morgan fingerprint density at radius 1 is 1.42 bits per heavy atom. The third-order valence-electron chi connectivity index (χ3n) is 3.87. The molecule has 3 heteroatoms. The van der Waals surface area contributed by atoms with Crippen LogP contribution in [-0.4, -0.2) is 26.7 Å². The van der Waals surface area contributed by atoms with Crippen molar-refractivity contribution in [1.29, 1.82) is 0 Å². The highest BCUT2D eigenvalue weighted by Crippen LogP contribution is 2.29. The van der Waals surface area contributed by atoms with E-state index in [1.54, 1.807) is 7.11 Å². The molecular weight excluding hydrogens is 236 g/mol. The van der Waals surface area contributed by atoms with Crippen LogP contribution >= 0.6 is 0 Å². The predicted molar refractivity (Wildman–Crippen MR) is 81.2 cm³/mol. The molecule has 2 rings (SSSR count). The topological polar surface area (TPSA) is 33.3 Å². The van der Waals surface area contributed by atoms with E-state index < -0.39 is 0 Å². The van der Waals surface area contributed by atoms with Crippen molar-refractivity contribution in [3.63, 3.8) is 0 Å². The van der Waals surface area contributed by atoms with Gasteiger partial charge in [0, 0.05) is 6.54 Å². The number of nitrogens with one attached hydrogen (secondary N) is 2. The summed E-state index contributed by atoms with van der Waals surface area (Å²) in [5.41, 5.74) is 2.48. The Balaban J connectivity index is 2.02. The van der Waals surface area contributed by atoms with E-state index >= 15 is 0 Å². The fourth-order valence-electron chi connectivity index (χ4n) is 2.58. The quantitative estimate of drug-likeness (QED) is 0.854. The highest BCUT2D eigenvalue weighted by atomic mass is 16.5. The van der Waals surface area contributed by atoms with Gasteiger partial charge in [0.2, 0.25) is 0 Å². The van der Waals surface area contributed by atoms with Crippen LogP contribution in [0.3, 0.4) is 0 Å². The summed E-state index contributed by atoms with van der Waals surface area (Å²) in [5.74, 6) is 2.21. The number of rotatable bonds is 5. The van der Waals surface area contributed by atoms with E-state index in [2.05, 4.69) is 42.7 Å². The van der Waals surface area contributed by atoms with Crippen LogP contribution < -0.4 is 15.4 Å². The van der Waals surface area contributed by atoms with Gasteiger partial charge in [-0.15, -0.1) is 0 Å². The first-order valence-electron chi connectivity index (χ1n) is 7.33. The van der Waals surface area contributed by atoms with E-state index in [-0.39, 0.29) is 0 Å². The third kappa shape index (κ3) is 3.87. The molecule has 2 N–H and O–H groups in total. The van der Waals surface area contributed by atoms with Crippen LogP contribution in [0.2, 0.25) is 0 Å². The molecule has 0 aromatic heterocycles. The Bertz CT molecular complexity index is 398. The summed E-state index contributed by atoms with van der Waals surface area (Å²) in [5, 5.41) is 7.02. The Morgan fingerprint density at radius 2 is 2.26 bits per heavy atom. The predicted octanol–water partition coefficient (Wildman–Crippen LogP) is 3.23. The molecule has 0 amide bonds. The summed E-state index contributed by atoms with van der Waals surface area (Å²) >= 11 is 0. The van der Waals surface area contributed by atoms with Gasteiger partial charge in [0.15, 0.2) is 0 Å². The highest BCUT2D eigenvalue weighted by Gasteiger charge is 2.14.